The fourth-order valence-electron chi connectivity index (χ4n) is 1.97. The zero-order valence-corrected chi connectivity index (χ0v) is 9.98. The van der Waals surface area contributed by atoms with Crippen LogP contribution < -0.4 is 5.73 Å². The van der Waals surface area contributed by atoms with Crippen LogP contribution in [-0.4, -0.2) is 10.9 Å². The van der Waals surface area contributed by atoms with Gasteiger partial charge in [-0.05, 0) is 31.0 Å². The fraction of sp³-hybridized carbons (Fsp3) is 0.250. The average Bonchev–Trinajstić information content (AvgIpc) is 2.51. The number of benzene rings is 1. The predicted octanol–water partition coefficient (Wildman–Crippen LogP) is 2.47. The van der Waals surface area contributed by atoms with Crippen LogP contribution in [0.3, 0.4) is 0 Å². The molecule has 2 aromatic rings. The number of aromatic amines is 1. The lowest BCUT2D eigenvalue weighted by atomic mass is 10.1. The normalized spacial score (nSPS) is 10.9. The molecule has 0 spiro atoms. The van der Waals surface area contributed by atoms with Gasteiger partial charge >= 0.3 is 0 Å². The van der Waals surface area contributed by atoms with Crippen LogP contribution in [0, 0.1) is 13.8 Å². The number of amides is 1. The van der Waals surface area contributed by atoms with Gasteiger partial charge in [0.05, 0.1) is 11.9 Å². The van der Waals surface area contributed by atoms with Crippen molar-refractivity contribution in [2.75, 3.05) is 0 Å². The van der Waals surface area contributed by atoms with Crippen molar-refractivity contribution < 1.29 is 4.79 Å². The van der Waals surface area contributed by atoms with E-state index in [2.05, 4.69) is 4.98 Å². The lowest BCUT2D eigenvalue weighted by Crippen LogP contribution is -2.13. The van der Waals surface area contributed by atoms with Gasteiger partial charge in [0.25, 0.3) is 0 Å². The minimum absolute atomic E-state index is 0.257. The largest absolute Gasteiger partial charge is 0.369 e. The first-order valence-electron chi connectivity index (χ1n) is 5.05. The van der Waals surface area contributed by atoms with E-state index in [0.717, 1.165) is 32.7 Å². The van der Waals surface area contributed by atoms with Crippen molar-refractivity contribution >= 4 is 28.4 Å². The standard InChI is InChI=1S/C12H13ClN2O/c1-6-10(13)4-3-8-9(5-11(14)16)7(2)15-12(6)8/h3-4,15H,5H2,1-2H3,(H2,14,16). The van der Waals surface area contributed by atoms with Crippen LogP contribution in [-0.2, 0) is 11.2 Å². The van der Waals surface area contributed by atoms with Crippen LogP contribution in [0.2, 0.25) is 5.02 Å². The molecule has 0 radical (unpaired) electrons. The molecule has 1 heterocycles. The Morgan fingerprint density at radius 2 is 2.12 bits per heavy atom. The molecule has 1 aromatic carbocycles. The Morgan fingerprint density at radius 3 is 2.75 bits per heavy atom. The SMILES string of the molecule is Cc1[nH]c2c(C)c(Cl)ccc2c1CC(N)=O. The topological polar surface area (TPSA) is 58.9 Å². The van der Waals surface area contributed by atoms with E-state index in [1.807, 2.05) is 26.0 Å². The zero-order chi connectivity index (χ0) is 11.9. The Balaban J connectivity index is 2.71. The number of hydrogen-bond acceptors (Lipinski definition) is 1. The van der Waals surface area contributed by atoms with E-state index >= 15 is 0 Å². The van der Waals surface area contributed by atoms with Crippen LogP contribution in [0.25, 0.3) is 10.9 Å². The molecule has 0 aliphatic carbocycles. The highest BCUT2D eigenvalue weighted by Crippen LogP contribution is 2.29. The fourth-order valence-corrected chi connectivity index (χ4v) is 2.12. The molecule has 0 aliphatic rings. The number of aromatic nitrogens is 1. The van der Waals surface area contributed by atoms with Gasteiger partial charge in [-0.15, -0.1) is 0 Å². The smallest absolute Gasteiger partial charge is 0.221 e. The number of hydrogen-bond donors (Lipinski definition) is 2. The third kappa shape index (κ3) is 1.67. The molecule has 1 amide bonds. The first-order valence-corrected chi connectivity index (χ1v) is 5.43. The number of carbonyl (C=O) groups is 1. The average molecular weight is 237 g/mol. The molecule has 0 atom stereocenters. The summed E-state index contributed by atoms with van der Waals surface area (Å²) in [5.41, 5.74) is 9.15. The third-order valence-electron chi connectivity index (χ3n) is 2.84. The maximum absolute atomic E-state index is 11.0. The summed E-state index contributed by atoms with van der Waals surface area (Å²) >= 11 is 6.04. The van der Waals surface area contributed by atoms with E-state index in [1.165, 1.54) is 0 Å². The Kier molecular flexibility index (Phi) is 2.64. The van der Waals surface area contributed by atoms with E-state index < -0.39 is 0 Å². The van der Waals surface area contributed by atoms with Gasteiger partial charge in [-0.2, -0.15) is 0 Å². The summed E-state index contributed by atoms with van der Waals surface area (Å²) in [7, 11) is 0. The summed E-state index contributed by atoms with van der Waals surface area (Å²) in [6.07, 6.45) is 0.257. The minimum atomic E-state index is -0.323. The van der Waals surface area contributed by atoms with E-state index in [9.17, 15) is 4.79 Å². The Bertz CT molecular complexity index is 572. The lowest BCUT2D eigenvalue weighted by molar-refractivity contribution is -0.117. The van der Waals surface area contributed by atoms with E-state index in [1.54, 1.807) is 0 Å². The molecule has 0 aliphatic heterocycles. The van der Waals surface area contributed by atoms with Crippen LogP contribution in [0.15, 0.2) is 12.1 Å². The highest BCUT2D eigenvalue weighted by Gasteiger charge is 2.13. The molecule has 16 heavy (non-hydrogen) atoms. The molecule has 0 fully saturated rings. The summed E-state index contributed by atoms with van der Waals surface area (Å²) < 4.78 is 0. The molecular weight excluding hydrogens is 224 g/mol. The monoisotopic (exact) mass is 236 g/mol. The molecule has 0 bridgehead atoms. The molecular formula is C12H13ClN2O. The molecule has 0 saturated carbocycles. The van der Waals surface area contributed by atoms with Gasteiger partial charge in [0, 0.05) is 16.1 Å². The molecule has 2 rings (SSSR count). The van der Waals surface area contributed by atoms with Gasteiger partial charge < -0.3 is 10.7 Å². The maximum atomic E-state index is 11.0. The van der Waals surface area contributed by atoms with E-state index in [0.29, 0.717) is 0 Å². The number of fused-ring (bicyclic) bond motifs is 1. The molecule has 3 N–H and O–H groups in total. The Labute approximate surface area is 98.6 Å². The number of rotatable bonds is 2. The highest BCUT2D eigenvalue weighted by atomic mass is 35.5. The van der Waals surface area contributed by atoms with Crippen LogP contribution in [0.4, 0.5) is 0 Å². The number of aryl methyl sites for hydroxylation is 2. The number of H-pyrrole nitrogens is 1. The molecule has 1 aromatic heterocycles. The van der Waals surface area contributed by atoms with Gasteiger partial charge in [-0.3, -0.25) is 4.79 Å². The molecule has 4 heteroatoms. The maximum Gasteiger partial charge on any atom is 0.221 e. The summed E-state index contributed by atoms with van der Waals surface area (Å²) in [6, 6.07) is 3.77. The first-order chi connectivity index (χ1) is 7.50. The molecule has 0 unspecified atom stereocenters. The van der Waals surface area contributed by atoms with Crippen molar-refractivity contribution in [2.24, 2.45) is 5.73 Å². The van der Waals surface area contributed by atoms with E-state index in [4.69, 9.17) is 17.3 Å². The Hall–Kier alpha value is -1.48. The Morgan fingerprint density at radius 1 is 1.44 bits per heavy atom. The predicted molar refractivity (Wildman–Crippen MR) is 65.7 cm³/mol. The summed E-state index contributed by atoms with van der Waals surface area (Å²) in [5, 5.41) is 1.75. The van der Waals surface area contributed by atoms with Gasteiger partial charge in [0.1, 0.15) is 0 Å². The molecule has 84 valence electrons. The summed E-state index contributed by atoms with van der Waals surface area (Å²) in [4.78, 5) is 14.2. The quantitative estimate of drug-likeness (QED) is 0.827. The van der Waals surface area contributed by atoms with Crippen molar-refractivity contribution in [3.63, 3.8) is 0 Å². The van der Waals surface area contributed by atoms with Crippen LogP contribution in [0.5, 0.6) is 0 Å². The number of halogens is 1. The third-order valence-corrected chi connectivity index (χ3v) is 3.25. The van der Waals surface area contributed by atoms with Gasteiger partial charge in [-0.1, -0.05) is 17.7 Å². The van der Waals surface area contributed by atoms with Gasteiger partial charge in [0.15, 0.2) is 0 Å². The first kappa shape index (κ1) is 11.0. The van der Waals surface area contributed by atoms with Gasteiger partial charge in [-0.25, -0.2) is 0 Å². The van der Waals surface area contributed by atoms with Crippen molar-refractivity contribution in [1.82, 2.24) is 4.98 Å². The molecule has 3 nitrogen and oxygen atoms in total. The van der Waals surface area contributed by atoms with Crippen molar-refractivity contribution in [1.29, 1.82) is 0 Å². The second-order valence-corrected chi connectivity index (χ2v) is 4.37. The summed E-state index contributed by atoms with van der Waals surface area (Å²) in [6.45, 7) is 3.89. The second kappa shape index (κ2) is 3.83. The van der Waals surface area contributed by atoms with Crippen molar-refractivity contribution in [3.8, 4) is 0 Å². The van der Waals surface area contributed by atoms with Gasteiger partial charge in [0.2, 0.25) is 5.91 Å². The number of nitrogens with one attached hydrogen (secondary N) is 1. The number of primary amides is 1. The van der Waals surface area contributed by atoms with Crippen LogP contribution in [0.1, 0.15) is 16.8 Å². The lowest BCUT2D eigenvalue weighted by Gasteiger charge is -2.00. The van der Waals surface area contributed by atoms with Crippen molar-refractivity contribution in [3.05, 3.63) is 34.0 Å². The number of nitrogens with two attached hydrogens (primary N) is 1. The van der Waals surface area contributed by atoms with E-state index in [-0.39, 0.29) is 12.3 Å². The van der Waals surface area contributed by atoms with Crippen LogP contribution >= 0.6 is 11.6 Å². The molecule has 0 saturated heterocycles. The van der Waals surface area contributed by atoms with Crippen molar-refractivity contribution in [2.45, 2.75) is 20.3 Å². The summed E-state index contributed by atoms with van der Waals surface area (Å²) in [5.74, 6) is -0.323. The second-order valence-electron chi connectivity index (χ2n) is 3.97. The zero-order valence-electron chi connectivity index (χ0n) is 9.23. The minimum Gasteiger partial charge on any atom is -0.369 e. The number of carbonyl (C=O) groups excluding carboxylic acids is 1. The highest BCUT2D eigenvalue weighted by molar-refractivity contribution is 6.32.